The highest BCUT2D eigenvalue weighted by Gasteiger charge is 2.58. The molecule has 8 heteroatoms. The first kappa shape index (κ1) is 30.4. The van der Waals surface area contributed by atoms with E-state index in [4.69, 9.17) is 4.74 Å². The number of hydrazine groups is 1. The minimum absolute atomic E-state index is 0.0574. The summed E-state index contributed by atoms with van der Waals surface area (Å²) in [5.74, 6) is 2.43. The van der Waals surface area contributed by atoms with Crippen LogP contribution in [0.3, 0.4) is 0 Å². The summed E-state index contributed by atoms with van der Waals surface area (Å²) in [5, 5.41) is 2.02. The SMILES string of the molecule is CC.CCC(=O)N1CCCC(CC2=CC(C34C=CC(F)=CC3C4)NN2c2ncccn2)CC1.COc1ccccc1. The predicted octanol–water partition coefficient (Wildman–Crippen LogP) is 6.63. The number of carbonyl (C=O) groups is 1. The number of rotatable bonds is 6. The van der Waals surface area contributed by atoms with Crippen LogP contribution in [0, 0.1) is 17.3 Å². The van der Waals surface area contributed by atoms with E-state index >= 15 is 0 Å². The molecule has 2 fully saturated rings. The molecule has 0 spiro atoms. The molecule has 4 aliphatic rings. The van der Waals surface area contributed by atoms with Gasteiger partial charge in [0.25, 0.3) is 0 Å². The largest absolute Gasteiger partial charge is 0.497 e. The summed E-state index contributed by atoms with van der Waals surface area (Å²) < 4.78 is 18.6. The van der Waals surface area contributed by atoms with Crippen LogP contribution in [0.15, 0.2) is 84.6 Å². The van der Waals surface area contributed by atoms with Crippen molar-refractivity contribution in [1.29, 1.82) is 0 Å². The Morgan fingerprint density at radius 1 is 1.10 bits per heavy atom. The number of para-hydroxylation sites is 1. The fourth-order valence-corrected chi connectivity index (χ4v) is 5.92. The lowest BCUT2D eigenvalue weighted by atomic mass is 9.89. The Kier molecular flexibility index (Phi) is 10.7. The first-order valence-electron chi connectivity index (χ1n) is 15.0. The average Bonchev–Trinajstić information content (AvgIpc) is 3.68. The zero-order valence-electron chi connectivity index (χ0n) is 24.8. The molecule has 0 bridgehead atoms. The number of fused-ring (bicyclic) bond motifs is 1. The molecule has 1 aromatic heterocycles. The van der Waals surface area contributed by atoms with E-state index in [1.165, 1.54) is 5.70 Å². The van der Waals surface area contributed by atoms with Crippen LogP contribution in [0.4, 0.5) is 10.3 Å². The van der Waals surface area contributed by atoms with Crippen molar-refractivity contribution in [3.63, 3.8) is 0 Å². The minimum Gasteiger partial charge on any atom is -0.497 e. The average molecular weight is 562 g/mol. The monoisotopic (exact) mass is 561 g/mol. The molecule has 2 aromatic rings. The number of anilines is 1. The van der Waals surface area contributed by atoms with E-state index < -0.39 is 0 Å². The molecule has 3 heterocycles. The van der Waals surface area contributed by atoms with E-state index in [0.717, 1.165) is 50.9 Å². The zero-order valence-corrected chi connectivity index (χ0v) is 24.8. The van der Waals surface area contributed by atoms with Gasteiger partial charge in [-0.15, -0.1) is 0 Å². The van der Waals surface area contributed by atoms with Crippen LogP contribution in [-0.4, -0.2) is 47.0 Å². The maximum Gasteiger partial charge on any atom is 0.244 e. The van der Waals surface area contributed by atoms with Gasteiger partial charge in [-0.05, 0) is 80.4 Å². The Morgan fingerprint density at radius 2 is 1.85 bits per heavy atom. The highest BCUT2D eigenvalue weighted by Crippen LogP contribution is 2.60. The number of amides is 1. The standard InChI is InChI=1S/C24H30FN5O.C7H8O.C2H6/c1-2-22(31)29-11-3-5-17(7-12-29)13-20-15-21(24-8-6-19(25)14-18(24)16-24)28-30(20)23-26-9-4-10-27-23;1-8-7-5-3-2-4-6-7;1-2/h4,6,8-10,14-15,17-18,21,28H,2-3,5,7,11-13,16H2,1H3;2-6H,1H3;1-2H3. The van der Waals surface area contributed by atoms with E-state index in [-0.39, 0.29) is 29.1 Å². The minimum atomic E-state index is -0.131. The number of allylic oxidation sites excluding steroid dienone is 4. The Balaban J connectivity index is 0.000000332. The van der Waals surface area contributed by atoms with Gasteiger partial charge in [-0.1, -0.05) is 45.0 Å². The van der Waals surface area contributed by atoms with Gasteiger partial charge in [0.05, 0.1) is 13.2 Å². The molecular formula is C33H44FN5O2. The quantitative estimate of drug-likeness (QED) is 0.427. The molecule has 2 aliphatic heterocycles. The van der Waals surface area contributed by atoms with Gasteiger partial charge in [-0.3, -0.25) is 4.79 Å². The number of nitrogens with zero attached hydrogens (tertiary/aromatic N) is 4. The van der Waals surface area contributed by atoms with Crippen LogP contribution in [0.2, 0.25) is 0 Å². The molecule has 220 valence electrons. The van der Waals surface area contributed by atoms with Crippen molar-refractivity contribution in [2.24, 2.45) is 17.3 Å². The van der Waals surface area contributed by atoms with Crippen molar-refractivity contribution >= 4 is 11.9 Å². The van der Waals surface area contributed by atoms with Gasteiger partial charge in [-0.25, -0.2) is 24.8 Å². The molecule has 4 atom stereocenters. The Labute approximate surface area is 244 Å². The van der Waals surface area contributed by atoms with Gasteiger partial charge in [0, 0.05) is 43.0 Å². The number of benzene rings is 1. The summed E-state index contributed by atoms with van der Waals surface area (Å²) in [6.07, 6.45) is 16.8. The second-order valence-electron chi connectivity index (χ2n) is 10.7. The highest BCUT2D eigenvalue weighted by molar-refractivity contribution is 5.75. The summed E-state index contributed by atoms with van der Waals surface area (Å²) in [5.41, 5.74) is 4.74. The summed E-state index contributed by atoms with van der Waals surface area (Å²) in [6.45, 7) is 7.63. The van der Waals surface area contributed by atoms with Gasteiger partial charge in [0.1, 0.15) is 11.6 Å². The van der Waals surface area contributed by atoms with Crippen LogP contribution in [0.1, 0.15) is 59.3 Å². The third-order valence-corrected chi connectivity index (χ3v) is 8.24. The molecule has 1 N–H and O–H groups in total. The summed E-state index contributed by atoms with van der Waals surface area (Å²) in [6, 6.07) is 11.6. The molecule has 1 saturated heterocycles. The third kappa shape index (κ3) is 7.41. The Hall–Kier alpha value is -3.52. The second-order valence-corrected chi connectivity index (χ2v) is 10.7. The van der Waals surface area contributed by atoms with Crippen molar-refractivity contribution in [3.05, 3.63) is 84.6 Å². The number of hydrogen-bond donors (Lipinski definition) is 1. The normalized spacial score (nSPS) is 26.2. The molecule has 7 nitrogen and oxygen atoms in total. The van der Waals surface area contributed by atoms with Crippen LogP contribution in [0.25, 0.3) is 0 Å². The zero-order chi connectivity index (χ0) is 29.2. The van der Waals surface area contributed by atoms with Crippen molar-refractivity contribution in [1.82, 2.24) is 20.3 Å². The molecule has 0 radical (unpaired) electrons. The van der Waals surface area contributed by atoms with Crippen molar-refractivity contribution in [3.8, 4) is 5.75 Å². The summed E-state index contributed by atoms with van der Waals surface area (Å²) >= 11 is 0. The van der Waals surface area contributed by atoms with Crippen molar-refractivity contribution in [2.75, 3.05) is 25.2 Å². The molecule has 6 rings (SSSR count). The summed E-state index contributed by atoms with van der Waals surface area (Å²) in [7, 11) is 1.66. The fourth-order valence-electron chi connectivity index (χ4n) is 5.92. The third-order valence-electron chi connectivity index (χ3n) is 8.24. The molecule has 41 heavy (non-hydrogen) atoms. The lowest BCUT2D eigenvalue weighted by molar-refractivity contribution is -0.130. The van der Waals surface area contributed by atoms with Crippen LogP contribution in [-0.2, 0) is 4.79 Å². The molecule has 1 aromatic carbocycles. The van der Waals surface area contributed by atoms with Crippen LogP contribution in [0.5, 0.6) is 5.75 Å². The van der Waals surface area contributed by atoms with Crippen molar-refractivity contribution in [2.45, 2.75) is 65.3 Å². The van der Waals surface area contributed by atoms with Crippen molar-refractivity contribution < 1.29 is 13.9 Å². The number of halogens is 1. The Morgan fingerprint density at radius 3 is 2.51 bits per heavy atom. The van der Waals surface area contributed by atoms with Gasteiger partial charge in [0.15, 0.2) is 0 Å². The lowest BCUT2D eigenvalue weighted by Crippen LogP contribution is -2.43. The predicted molar refractivity (Wildman–Crippen MR) is 162 cm³/mol. The maximum absolute atomic E-state index is 13.7. The van der Waals surface area contributed by atoms with E-state index in [0.29, 0.717) is 18.3 Å². The molecule has 2 aliphatic carbocycles. The number of likely N-dealkylation sites (tertiary alicyclic amines) is 1. The number of nitrogens with one attached hydrogen (secondary N) is 1. The first-order chi connectivity index (χ1) is 20.0. The topological polar surface area (TPSA) is 70.6 Å². The summed E-state index contributed by atoms with van der Waals surface area (Å²) in [4.78, 5) is 23.1. The fraction of sp³-hybridized carbons (Fsp3) is 0.485. The number of hydrogen-bond acceptors (Lipinski definition) is 6. The maximum atomic E-state index is 13.7. The highest BCUT2D eigenvalue weighted by atomic mass is 19.1. The molecule has 4 unspecified atom stereocenters. The number of methoxy groups -OCH3 is 1. The van der Waals surface area contributed by atoms with Gasteiger partial charge in [-0.2, -0.15) is 0 Å². The number of ether oxygens (including phenoxy) is 1. The van der Waals surface area contributed by atoms with E-state index in [1.54, 1.807) is 31.7 Å². The lowest BCUT2D eigenvalue weighted by Gasteiger charge is -2.27. The smallest absolute Gasteiger partial charge is 0.244 e. The second kappa shape index (κ2) is 14.4. The van der Waals surface area contributed by atoms with E-state index in [1.807, 2.05) is 73.2 Å². The van der Waals surface area contributed by atoms with Gasteiger partial charge in [0.2, 0.25) is 11.9 Å². The molecule has 1 saturated carbocycles. The van der Waals surface area contributed by atoms with Gasteiger partial charge >= 0.3 is 0 Å². The molecular weight excluding hydrogens is 517 g/mol. The Bertz CT molecular complexity index is 1220. The van der Waals surface area contributed by atoms with Crippen LogP contribution >= 0.6 is 0 Å². The van der Waals surface area contributed by atoms with E-state index in [9.17, 15) is 9.18 Å². The first-order valence-corrected chi connectivity index (χ1v) is 15.0. The van der Waals surface area contributed by atoms with E-state index in [2.05, 4.69) is 21.5 Å². The van der Waals surface area contributed by atoms with Crippen LogP contribution < -0.4 is 15.2 Å². The number of aromatic nitrogens is 2. The molecule has 1 amide bonds. The van der Waals surface area contributed by atoms with Gasteiger partial charge < -0.3 is 9.64 Å². The number of carbonyl (C=O) groups excluding carboxylic acids is 1.